The van der Waals surface area contributed by atoms with Gasteiger partial charge in [-0.15, -0.1) is 0 Å². The van der Waals surface area contributed by atoms with Crippen molar-refractivity contribution in [1.29, 1.82) is 0 Å². The van der Waals surface area contributed by atoms with Gasteiger partial charge in [0.1, 0.15) is 17.3 Å². The lowest BCUT2D eigenvalue weighted by molar-refractivity contribution is 0.412. The molecule has 3 rings (SSSR count). The lowest BCUT2D eigenvalue weighted by atomic mass is 10.2. The number of rotatable bonds is 4. The van der Waals surface area contributed by atoms with Crippen molar-refractivity contribution in [2.24, 2.45) is 0 Å². The molecule has 24 heavy (non-hydrogen) atoms. The normalized spacial score (nSPS) is 11.5. The van der Waals surface area contributed by atoms with E-state index in [4.69, 9.17) is 4.74 Å². The number of pyridine rings is 2. The second kappa shape index (κ2) is 6.00. The van der Waals surface area contributed by atoms with Crippen molar-refractivity contribution in [3.8, 4) is 17.0 Å². The van der Waals surface area contributed by atoms with E-state index in [9.17, 15) is 17.2 Å². The van der Waals surface area contributed by atoms with Crippen molar-refractivity contribution in [1.82, 2.24) is 13.9 Å². The summed E-state index contributed by atoms with van der Waals surface area (Å²) in [5.74, 6) is -1.61. The molecule has 3 aromatic heterocycles. The van der Waals surface area contributed by atoms with Gasteiger partial charge >= 0.3 is 0 Å². The molecular weight excluding hydrogens is 340 g/mol. The van der Waals surface area contributed by atoms with Gasteiger partial charge in [0.05, 0.1) is 12.7 Å². The number of nitrogens with zero attached hydrogens (tertiary/aromatic N) is 3. The van der Waals surface area contributed by atoms with Gasteiger partial charge in [-0.1, -0.05) is 0 Å². The zero-order valence-electron chi connectivity index (χ0n) is 12.3. The monoisotopic (exact) mass is 351 g/mol. The summed E-state index contributed by atoms with van der Waals surface area (Å²) >= 11 is 0. The van der Waals surface area contributed by atoms with Crippen molar-refractivity contribution in [3.63, 3.8) is 0 Å². The minimum absolute atomic E-state index is 0.269. The van der Waals surface area contributed by atoms with Gasteiger partial charge in [-0.05, 0) is 24.3 Å². The molecule has 0 saturated heterocycles. The number of halogens is 2. The molecule has 0 bridgehead atoms. The molecule has 0 aliphatic rings. The number of hydrogen-bond acceptors (Lipinski definition) is 5. The molecule has 6 nitrogen and oxygen atoms in total. The Hall–Kier alpha value is -2.81. The van der Waals surface area contributed by atoms with E-state index in [1.165, 1.54) is 43.8 Å². The van der Waals surface area contributed by atoms with Crippen LogP contribution in [0.3, 0.4) is 0 Å². The summed E-state index contributed by atoms with van der Waals surface area (Å²) in [6, 6.07) is 6.21. The van der Waals surface area contributed by atoms with E-state index in [2.05, 4.69) is 9.97 Å². The van der Waals surface area contributed by atoms with Crippen LogP contribution >= 0.6 is 0 Å². The predicted molar refractivity (Wildman–Crippen MR) is 81.0 cm³/mol. The van der Waals surface area contributed by atoms with E-state index in [1.807, 2.05) is 0 Å². The van der Waals surface area contributed by atoms with Crippen LogP contribution in [0.1, 0.15) is 0 Å². The fraction of sp³-hybridized carbons (Fsp3) is 0.0667. The topological polar surface area (TPSA) is 74.1 Å². The zero-order chi connectivity index (χ0) is 17.3. The van der Waals surface area contributed by atoms with Gasteiger partial charge in [0, 0.05) is 24.7 Å². The third-order valence-electron chi connectivity index (χ3n) is 3.28. The highest BCUT2D eigenvalue weighted by atomic mass is 32.2. The molecule has 0 amide bonds. The first-order chi connectivity index (χ1) is 11.4. The Kier molecular flexibility index (Phi) is 4.02. The van der Waals surface area contributed by atoms with E-state index < -0.39 is 27.5 Å². The number of methoxy groups -OCH3 is 1. The zero-order valence-corrected chi connectivity index (χ0v) is 13.2. The van der Waals surface area contributed by atoms with Gasteiger partial charge in [0.2, 0.25) is 5.95 Å². The molecule has 0 radical (unpaired) electrons. The van der Waals surface area contributed by atoms with Gasteiger partial charge in [0.25, 0.3) is 10.0 Å². The van der Waals surface area contributed by atoms with Crippen LogP contribution in [0.4, 0.5) is 8.78 Å². The summed E-state index contributed by atoms with van der Waals surface area (Å²) in [5, 5.41) is -0.358. The highest BCUT2D eigenvalue weighted by molar-refractivity contribution is 7.90. The summed E-state index contributed by atoms with van der Waals surface area (Å²) in [6.45, 7) is 0. The van der Waals surface area contributed by atoms with Gasteiger partial charge in [-0.2, -0.15) is 12.8 Å². The first-order valence-corrected chi connectivity index (χ1v) is 8.12. The third-order valence-corrected chi connectivity index (χ3v) is 4.86. The van der Waals surface area contributed by atoms with Gasteiger partial charge in [-0.25, -0.2) is 18.3 Å². The van der Waals surface area contributed by atoms with Gasteiger partial charge in [0.15, 0.2) is 5.03 Å². The van der Waals surface area contributed by atoms with Crippen molar-refractivity contribution < 1.29 is 21.9 Å². The minimum Gasteiger partial charge on any atom is -0.497 e. The summed E-state index contributed by atoms with van der Waals surface area (Å²) in [5.41, 5.74) is -0.725. The molecule has 124 valence electrons. The Labute approximate surface area is 136 Å². The molecule has 0 fully saturated rings. The van der Waals surface area contributed by atoms with Gasteiger partial charge < -0.3 is 4.74 Å². The molecule has 0 aliphatic carbocycles. The molecule has 0 aromatic carbocycles. The fourth-order valence-corrected chi connectivity index (χ4v) is 3.47. The summed E-state index contributed by atoms with van der Waals surface area (Å²) in [4.78, 5) is 7.20. The van der Waals surface area contributed by atoms with Crippen LogP contribution in [0.25, 0.3) is 11.3 Å². The maximum atomic E-state index is 14.1. The van der Waals surface area contributed by atoms with E-state index in [-0.39, 0.29) is 16.3 Å². The minimum atomic E-state index is -4.26. The lowest BCUT2D eigenvalue weighted by Crippen LogP contribution is -2.15. The summed E-state index contributed by atoms with van der Waals surface area (Å²) in [7, 11) is -2.88. The Bertz CT molecular complexity index is 1000. The highest BCUT2D eigenvalue weighted by Crippen LogP contribution is 2.29. The second-order valence-corrected chi connectivity index (χ2v) is 6.45. The fourth-order valence-electron chi connectivity index (χ4n) is 2.16. The predicted octanol–water partition coefficient (Wildman–Crippen LogP) is 2.47. The van der Waals surface area contributed by atoms with Crippen LogP contribution in [-0.2, 0) is 10.0 Å². The average Bonchev–Trinajstić information content (AvgIpc) is 2.97. The maximum Gasteiger partial charge on any atom is 0.285 e. The first kappa shape index (κ1) is 16.1. The van der Waals surface area contributed by atoms with E-state index in [0.29, 0.717) is 3.97 Å². The molecule has 0 atom stereocenters. The standard InChI is InChI=1S/C15H11F2N3O3S/c1-23-10-4-7-18-13(9-10)24(21,22)20-8-5-12(16)14(20)11-3-2-6-19-15(11)17/h2-9H,1H3. The molecule has 3 heterocycles. The average molecular weight is 351 g/mol. The van der Waals surface area contributed by atoms with Crippen LogP contribution in [-0.4, -0.2) is 29.5 Å². The largest absolute Gasteiger partial charge is 0.497 e. The Morgan fingerprint density at radius 1 is 1.12 bits per heavy atom. The van der Waals surface area contributed by atoms with Crippen molar-refractivity contribution >= 4 is 10.0 Å². The van der Waals surface area contributed by atoms with E-state index >= 15 is 0 Å². The Morgan fingerprint density at radius 2 is 1.92 bits per heavy atom. The van der Waals surface area contributed by atoms with Crippen LogP contribution in [0.2, 0.25) is 0 Å². The molecular formula is C15H11F2N3O3S. The molecule has 3 aromatic rings. The van der Waals surface area contributed by atoms with Crippen LogP contribution in [0, 0.1) is 11.8 Å². The summed E-state index contributed by atoms with van der Waals surface area (Å²) < 4.78 is 59.2. The number of aromatic nitrogens is 3. The van der Waals surface area contributed by atoms with Crippen LogP contribution < -0.4 is 4.74 Å². The SMILES string of the molecule is COc1ccnc(S(=O)(=O)n2ccc(F)c2-c2cccnc2F)c1. The van der Waals surface area contributed by atoms with Crippen molar-refractivity contribution in [2.75, 3.05) is 7.11 Å². The van der Waals surface area contributed by atoms with E-state index in [1.54, 1.807) is 0 Å². The highest BCUT2D eigenvalue weighted by Gasteiger charge is 2.26. The molecule has 9 heteroatoms. The molecule has 0 N–H and O–H groups in total. The van der Waals surface area contributed by atoms with Crippen LogP contribution in [0.5, 0.6) is 5.75 Å². The van der Waals surface area contributed by atoms with Gasteiger partial charge in [-0.3, -0.25) is 0 Å². The Morgan fingerprint density at radius 3 is 2.62 bits per heavy atom. The smallest absolute Gasteiger partial charge is 0.285 e. The van der Waals surface area contributed by atoms with Crippen molar-refractivity contribution in [2.45, 2.75) is 5.03 Å². The second-order valence-electron chi connectivity index (χ2n) is 4.69. The summed E-state index contributed by atoms with van der Waals surface area (Å²) in [6.07, 6.45) is 3.42. The molecule has 0 unspecified atom stereocenters. The first-order valence-electron chi connectivity index (χ1n) is 6.68. The van der Waals surface area contributed by atoms with Crippen molar-refractivity contribution in [3.05, 3.63) is 60.7 Å². The van der Waals surface area contributed by atoms with E-state index in [0.717, 1.165) is 12.3 Å². The number of ether oxygens (including phenoxy) is 1. The lowest BCUT2D eigenvalue weighted by Gasteiger charge is -2.11. The number of hydrogen-bond donors (Lipinski definition) is 0. The molecule has 0 aliphatic heterocycles. The maximum absolute atomic E-state index is 14.1. The third kappa shape index (κ3) is 2.62. The quantitative estimate of drug-likeness (QED) is 0.675. The molecule has 0 saturated carbocycles. The van der Waals surface area contributed by atoms with Crippen LogP contribution in [0.15, 0.2) is 53.9 Å². The molecule has 0 spiro atoms. The Balaban J connectivity index is 2.22.